The molecule has 0 aromatic carbocycles. The molecule has 0 aliphatic carbocycles. The van der Waals surface area contributed by atoms with Crippen LogP contribution in [0.1, 0.15) is 41.6 Å². The number of rotatable bonds is 4. The monoisotopic (exact) mass is 281 g/mol. The molecule has 112 valence electrons. The number of carbonyl (C=O) groups excluding carboxylic acids is 1. The summed E-state index contributed by atoms with van der Waals surface area (Å²) in [7, 11) is 0. The molecule has 2 heterocycles. The SMILES string of the molecule is Cc1noc(C(C)C)c1C(=O)N1CCN(CCO)CC1. The van der Waals surface area contributed by atoms with Gasteiger partial charge in [-0.05, 0) is 6.92 Å². The second kappa shape index (κ2) is 6.37. The number of aliphatic hydroxyl groups excluding tert-OH is 1. The molecule has 0 spiro atoms. The van der Waals surface area contributed by atoms with E-state index >= 15 is 0 Å². The van der Waals surface area contributed by atoms with E-state index in [1.165, 1.54) is 0 Å². The van der Waals surface area contributed by atoms with Gasteiger partial charge in [0, 0.05) is 38.6 Å². The smallest absolute Gasteiger partial charge is 0.259 e. The highest BCUT2D eigenvalue weighted by Gasteiger charge is 2.28. The average molecular weight is 281 g/mol. The summed E-state index contributed by atoms with van der Waals surface area (Å²) >= 11 is 0. The summed E-state index contributed by atoms with van der Waals surface area (Å²) in [5.74, 6) is 0.826. The van der Waals surface area contributed by atoms with Crippen LogP contribution in [0.15, 0.2) is 4.52 Å². The molecule has 0 atom stereocenters. The van der Waals surface area contributed by atoms with Gasteiger partial charge >= 0.3 is 0 Å². The van der Waals surface area contributed by atoms with Crippen LogP contribution in [0.25, 0.3) is 0 Å². The highest BCUT2D eigenvalue weighted by atomic mass is 16.5. The molecule has 6 nitrogen and oxygen atoms in total. The molecular formula is C14H23N3O3. The van der Waals surface area contributed by atoms with E-state index in [2.05, 4.69) is 10.1 Å². The first-order chi connectivity index (χ1) is 9.54. The van der Waals surface area contributed by atoms with Crippen LogP contribution >= 0.6 is 0 Å². The number of hydrogen-bond donors (Lipinski definition) is 1. The van der Waals surface area contributed by atoms with Crippen LogP contribution in [0.3, 0.4) is 0 Å². The van der Waals surface area contributed by atoms with Crippen molar-refractivity contribution in [1.29, 1.82) is 0 Å². The van der Waals surface area contributed by atoms with E-state index in [1.807, 2.05) is 25.7 Å². The molecule has 1 aliphatic rings. The van der Waals surface area contributed by atoms with E-state index in [4.69, 9.17) is 9.63 Å². The fraction of sp³-hybridized carbons (Fsp3) is 0.714. The van der Waals surface area contributed by atoms with E-state index < -0.39 is 0 Å². The van der Waals surface area contributed by atoms with Crippen molar-refractivity contribution in [2.45, 2.75) is 26.7 Å². The number of aliphatic hydroxyl groups is 1. The maximum absolute atomic E-state index is 12.6. The van der Waals surface area contributed by atoms with Crippen molar-refractivity contribution in [3.05, 3.63) is 17.0 Å². The lowest BCUT2D eigenvalue weighted by Crippen LogP contribution is -2.49. The summed E-state index contributed by atoms with van der Waals surface area (Å²) in [6.45, 7) is 9.60. The van der Waals surface area contributed by atoms with Gasteiger partial charge in [-0.25, -0.2) is 0 Å². The second-order valence-electron chi connectivity index (χ2n) is 5.52. The van der Waals surface area contributed by atoms with E-state index in [1.54, 1.807) is 0 Å². The Morgan fingerprint density at radius 2 is 2.00 bits per heavy atom. The van der Waals surface area contributed by atoms with E-state index in [0.29, 0.717) is 36.7 Å². The first-order valence-corrected chi connectivity index (χ1v) is 7.13. The predicted octanol–water partition coefficient (Wildman–Crippen LogP) is 0.857. The van der Waals surface area contributed by atoms with Crippen LogP contribution in [-0.4, -0.2) is 65.3 Å². The molecule has 0 bridgehead atoms. The highest BCUT2D eigenvalue weighted by Crippen LogP contribution is 2.24. The lowest BCUT2D eigenvalue weighted by molar-refractivity contribution is 0.0611. The molecule has 1 aliphatic heterocycles. The van der Waals surface area contributed by atoms with E-state index in [0.717, 1.165) is 13.1 Å². The van der Waals surface area contributed by atoms with Crippen LogP contribution in [0.2, 0.25) is 0 Å². The Bertz CT molecular complexity index is 462. The van der Waals surface area contributed by atoms with Gasteiger partial charge < -0.3 is 14.5 Å². The van der Waals surface area contributed by atoms with Gasteiger partial charge in [0.25, 0.3) is 5.91 Å². The van der Waals surface area contributed by atoms with Gasteiger partial charge in [0.15, 0.2) is 5.76 Å². The predicted molar refractivity (Wildman–Crippen MR) is 74.8 cm³/mol. The molecule has 2 rings (SSSR count). The van der Waals surface area contributed by atoms with Crippen LogP contribution in [0, 0.1) is 6.92 Å². The minimum atomic E-state index is 0.0103. The second-order valence-corrected chi connectivity index (χ2v) is 5.52. The molecular weight excluding hydrogens is 258 g/mol. The van der Waals surface area contributed by atoms with Crippen molar-refractivity contribution < 1.29 is 14.4 Å². The fourth-order valence-electron chi connectivity index (χ4n) is 2.52. The summed E-state index contributed by atoms with van der Waals surface area (Å²) in [5.41, 5.74) is 1.28. The molecule has 1 saturated heterocycles. The highest BCUT2D eigenvalue weighted by molar-refractivity contribution is 5.96. The molecule has 1 N–H and O–H groups in total. The zero-order valence-corrected chi connectivity index (χ0v) is 12.4. The van der Waals surface area contributed by atoms with Gasteiger partial charge in [-0.1, -0.05) is 19.0 Å². The maximum Gasteiger partial charge on any atom is 0.259 e. The van der Waals surface area contributed by atoms with Gasteiger partial charge in [0.1, 0.15) is 5.56 Å². The van der Waals surface area contributed by atoms with Crippen LogP contribution in [-0.2, 0) is 0 Å². The van der Waals surface area contributed by atoms with Crippen molar-refractivity contribution in [3.8, 4) is 0 Å². The average Bonchev–Trinajstić information content (AvgIpc) is 2.81. The lowest BCUT2D eigenvalue weighted by Gasteiger charge is -2.34. The normalized spacial score (nSPS) is 16.9. The minimum Gasteiger partial charge on any atom is -0.395 e. The first kappa shape index (κ1) is 15.0. The van der Waals surface area contributed by atoms with Gasteiger partial charge in [-0.15, -0.1) is 0 Å². The van der Waals surface area contributed by atoms with Crippen molar-refractivity contribution in [3.63, 3.8) is 0 Å². The zero-order chi connectivity index (χ0) is 14.7. The summed E-state index contributed by atoms with van der Waals surface area (Å²) in [5, 5.41) is 12.9. The molecule has 1 fully saturated rings. The third kappa shape index (κ3) is 3.02. The Morgan fingerprint density at radius 3 is 2.55 bits per heavy atom. The molecule has 6 heteroatoms. The van der Waals surface area contributed by atoms with E-state index in [-0.39, 0.29) is 18.4 Å². The van der Waals surface area contributed by atoms with Gasteiger partial charge in [0.2, 0.25) is 0 Å². The molecule has 0 saturated carbocycles. The molecule has 0 unspecified atom stereocenters. The Morgan fingerprint density at radius 1 is 1.35 bits per heavy atom. The number of carbonyl (C=O) groups is 1. The number of β-amino-alcohol motifs (C(OH)–C–C–N with tert-alkyl or cyclic N) is 1. The Balaban J connectivity index is 2.07. The third-order valence-electron chi connectivity index (χ3n) is 3.70. The number of aromatic nitrogens is 1. The van der Waals surface area contributed by atoms with Crippen molar-refractivity contribution in [2.24, 2.45) is 0 Å². The summed E-state index contributed by atoms with van der Waals surface area (Å²) in [6.07, 6.45) is 0. The van der Waals surface area contributed by atoms with Gasteiger partial charge in [-0.3, -0.25) is 9.69 Å². The Kier molecular flexibility index (Phi) is 4.77. The van der Waals surface area contributed by atoms with Crippen LogP contribution in [0.4, 0.5) is 0 Å². The standard InChI is InChI=1S/C14H23N3O3/c1-10(2)13-12(11(3)15-20-13)14(19)17-6-4-16(5-7-17)8-9-18/h10,18H,4-9H2,1-3H3. The number of amides is 1. The maximum atomic E-state index is 12.6. The Hall–Kier alpha value is -1.40. The molecule has 1 aromatic rings. The largest absolute Gasteiger partial charge is 0.395 e. The molecule has 0 radical (unpaired) electrons. The lowest BCUT2D eigenvalue weighted by atomic mass is 10.0. The van der Waals surface area contributed by atoms with E-state index in [9.17, 15) is 4.79 Å². The summed E-state index contributed by atoms with van der Waals surface area (Å²) in [4.78, 5) is 16.6. The van der Waals surface area contributed by atoms with Gasteiger partial charge in [-0.2, -0.15) is 0 Å². The van der Waals surface area contributed by atoms with Crippen LogP contribution in [0.5, 0.6) is 0 Å². The number of hydrogen-bond acceptors (Lipinski definition) is 5. The first-order valence-electron chi connectivity index (χ1n) is 7.13. The summed E-state index contributed by atoms with van der Waals surface area (Å²) in [6, 6.07) is 0. The van der Waals surface area contributed by atoms with Crippen LogP contribution < -0.4 is 0 Å². The number of piperazine rings is 1. The number of aryl methyl sites for hydroxylation is 1. The van der Waals surface area contributed by atoms with Gasteiger partial charge in [0.05, 0.1) is 12.3 Å². The van der Waals surface area contributed by atoms with Crippen molar-refractivity contribution in [1.82, 2.24) is 15.0 Å². The Labute approximate surface area is 119 Å². The third-order valence-corrected chi connectivity index (χ3v) is 3.70. The van der Waals surface area contributed by atoms with Crippen molar-refractivity contribution >= 4 is 5.91 Å². The fourth-order valence-corrected chi connectivity index (χ4v) is 2.52. The topological polar surface area (TPSA) is 69.8 Å². The minimum absolute atomic E-state index is 0.0103. The molecule has 1 aromatic heterocycles. The number of nitrogens with zero attached hydrogens (tertiary/aromatic N) is 3. The molecule has 1 amide bonds. The summed E-state index contributed by atoms with van der Waals surface area (Å²) < 4.78 is 5.29. The zero-order valence-electron chi connectivity index (χ0n) is 12.4. The van der Waals surface area contributed by atoms with Crippen molar-refractivity contribution in [2.75, 3.05) is 39.3 Å². The quantitative estimate of drug-likeness (QED) is 0.886. The molecule has 20 heavy (non-hydrogen) atoms.